The van der Waals surface area contributed by atoms with E-state index in [4.69, 9.17) is 0 Å². The number of nitrogens with one attached hydrogen (secondary N) is 3. The number of carbonyl (C=O) groups is 1. The molecule has 1 aromatic rings. The van der Waals surface area contributed by atoms with Gasteiger partial charge in [-0.1, -0.05) is 0 Å². The van der Waals surface area contributed by atoms with Crippen LogP contribution in [0.2, 0.25) is 0 Å². The second kappa shape index (κ2) is 6.53. The van der Waals surface area contributed by atoms with Gasteiger partial charge in [-0.2, -0.15) is 0 Å². The first kappa shape index (κ1) is 15.5. The second-order valence-electron chi connectivity index (χ2n) is 4.06. The minimum absolute atomic E-state index is 0.0782. The third kappa shape index (κ3) is 4.53. The first-order valence-corrected chi connectivity index (χ1v) is 7.52. The number of rotatable bonds is 6. The van der Waals surface area contributed by atoms with E-state index in [0.717, 1.165) is 11.3 Å². The highest BCUT2D eigenvalue weighted by Crippen LogP contribution is 2.15. The maximum atomic E-state index is 11.8. The molecule has 0 aromatic heterocycles. The van der Waals surface area contributed by atoms with Gasteiger partial charge in [-0.25, -0.2) is 13.1 Å². The van der Waals surface area contributed by atoms with Crippen LogP contribution in [0.25, 0.3) is 0 Å². The summed E-state index contributed by atoms with van der Waals surface area (Å²) < 4.78 is 24.6. The van der Waals surface area contributed by atoms with E-state index in [1.165, 1.54) is 7.05 Å². The zero-order valence-corrected chi connectivity index (χ0v) is 12.1. The molecule has 0 fully saturated rings. The Hall–Kier alpha value is -1.60. The molecule has 0 aliphatic heterocycles. The Bertz CT molecular complexity index is 555. The van der Waals surface area contributed by atoms with Crippen molar-refractivity contribution in [2.24, 2.45) is 0 Å². The lowest BCUT2D eigenvalue weighted by Crippen LogP contribution is -2.32. The fourth-order valence-corrected chi connectivity index (χ4v) is 2.16. The molecule has 7 heteroatoms. The summed E-state index contributed by atoms with van der Waals surface area (Å²) >= 11 is 0. The number of amides is 1. The number of aryl methyl sites for hydroxylation is 1. The molecular weight excluding hydrogens is 266 g/mol. The Morgan fingerprint density at radius 3 is 2.47 bits per heavy atom. The van der Waals surface area contributed by atoms with E-state index in [1.807, 2.05) is 20.0 Å². The van der Waals surface area contributed by atoms with Crippen molar-refractivity contribution in [1.82, 2.24) is 10.0 Å². The van der Waals surface area contributed by atoms with Crippen LogP contribution in [0.4, 0.5) is 5.69 Å². The van der Waals surface area contributed by atoms with Crippen LogP contribution in [0.3, 0.4) is 0 Å². The van der Waals surface area contributed by atoms with Gasteiger partial charge in [0.15, 0.2) is 0 Å². The minimum atomic E-state index is -3.29. The van der Waals surface area contributed by atoms with Gasteiger partial charge >= 0.3 is 0 Å². The minimum Gasteiger partial charge on any atom is -0.388 e. The highest BCUT2D eigenvalue weighted by atomic mass is 32.2. The van der Waals surface area contributed by atoms with Crippen LogP contribution in [0, 0.1) is 6.92 Å². The van der Waals surface area contributed by atoms with E-state index in [2.05, 4.69) is 15.4 Å². The van der Waals surface area contributed by atoms with Crippen molar-refractivity contribution >= 4 is 21.6 Å². The Labute approximate surface area is 113 Å². The second-order valence-corrected chi connectivity index (χ2v) is 6.10. The molecule has 0 radical (unpaired) electrons. The van der Waals surface area contributed by atoms with Gasteiger partial charge < -0.3 is 10.6 Å². The molecule has 1 amide bonds. The molecule has 0 spiro atoms. The first-order chi connectivity index (χ1) is 8.89. The lowest BCUT2D eigenvalue weighted by molar-refractivity contribution is 0.0956. The lowest BCUT2D eigenvalue weighted by atomic mass is 10.1. The molecule has 1 rings (SSSR count). The van der Waals surface area contributed by atoms with E-state index < -0.39 is 10.0 Å². The molecule has 0 aliphatic carbocycles. The number of hydrogen-bond donors (Lipinski definition) is 3. The zero-order chi connectivity index (χ0) is 14.5. The predicted octanol–water partition coefficient (Wildman–Crippen LogP) is 0.316. The number of carbonyl (C=O) groups excluding carboxylic acids is 1. The highest BCUT2D eigenvalue weighted by molar-refractivity contribution is 7.89. The monoisotopic (exact) mass is 285 g/mol. The fourth-order valence-electron chi connectivity index (χ4n) is 1.59. The van der Waals surface area contributed by atoms with Gasteiger partial charge in [0.1, 0.15) is 0 Å². The van der Waals surface area contributed by atoms with Gasteiger partial charge in [-0.15, -0.1) is 0 Å². The van der Waals surface area contributed by atoms with Crippen LogP contribution >= 0.6 is 0 Å². The van der Waals surface area contributed by atoms with Crippen LogP contribution in [0.5, 0.6) is 0 Å². The van der Waals surface area contributed by atoms with Crippen LogP contribution < -0.4 is 15.4 Å². The van der Waals surface area contributed by atoms with Crippen LogP contribution in [-0.2, 0) is 10.0 Å². The van der Waals surface area contributed by atoms with Crippen molar-refractivity contribution in [3.8, 4) is 0 Å². The summed E-state index contributed by atoms with van der Waals surface area (Å²) in [5, 5.41) is 5.59. The third-order valence-corrected chi connectivity index (χ3v) is 4.09. The standard InChI is InChI=1S/C12H19N3O3S/c1-9-8-10(4-5-11(9)13-2)12(16)15-6-7-19(17,18)14-3/h4-5,8,13-14H,6-7H2,1-3H3,(H,15,16). The van der Waals surface area contributed by atoms with Gasteiger partial charge in [-0.05, 0) is 37.7 Å². The van der Waals surface area contributed by atoms with Crippen LogP contribution in [-0.4, -0.2) is 40.7 Å². The molecule has 3 N–H and O–H groups in total. The molecule has 0 saturated heterocycles. The molecule has 0 unspecified atom stereocenters. The van der Waals surface area contributed by atoms with E-state index >= 15 is 0 Å². The first-order valence-electron chi connectivity index (χ1n) is 5.87. The van der Waals surface area contributed by atoms with Crippen molar-refractivity contribution in [3.63, 3.8) is 0 Å². The molecule has 1 aromatic carbocycles. The average Bonchev–Trinajstić information content (AvgIpc) is 2.38. The summed E-state index contributed by atoms with van der Waals surface area (Å²) in [7, 11) is -0.136. The summed E-state index contributed by atoms with van der Waals surface area (Å²) in [5.41, 5.74) is 2.42. The topological polar surface area (TPSA) is 87.3 Å². The Kier molecular flexibility index (Phi) is 5.31. The normalized spacial score (nSPS) is 11.1. The molecule has 6 nitrogen and oxygen atoms in total. The van der Waals surface area contributed by atoms with Gasteiger partial charge in [0.2, 0.25) is 10.0 Å². The summed E-state index contributed by atoms with van der Waals surface area (Å²) in [6, 6.07) is 5.27. The summed E-state index contributed by atoms with van der Waals surface area (Å²) in [6.07, 6.45) is 0. The zero-order valence-electron chi connectivity index (χ0n) is 11.3. The molecule has 19 heavy (non-hydrogen) atoms. The number of benzene rings is 1. The lowest BCUT2D eigenvalue weighted by Gasteiger charge is -2.09. The van der Waals surface area contributed by atoms with Crippen molar-refractivity contribution < 1.29 is 13.2 Å². The van der Waals surface area contributed by atoms with E-state index in [0.29, 0.717) is 5.56 Å². The van der Waals surface area contributed by atoms with Crippen molar-refractivity contribution in [3.05, 3.63) is 29.3 Å². The van der Waals surface area contributed by atoms with Gasteiger partial charge in [-0.3, -0.25) is 4.79 Å². The summed E-state index contributed by atoms with van der Waals surface area (Å²) in [4.78, 5) is 11.8. The van der Waals surface area contributed by atoms with E-state index in [9.17, 15) is 13.2 Å². The molecule has 106 valence electrons. The largest absolute Gasteiger partial charge is 0.388 e. The van der Waals surface area contributed by atoms with Crippen molar-refractivity contribution in [2.75, 3.05) is 31.7 Å². The molecule has 0 atom stereocenters. The average molecular weight is 285 g/mol. The summed E-state index contributed by atoms with van der Waals surface area (Å²) in [6.45, 7) is 1.98. The number of hydrogen-bond acceptors (Lipinski definition) is 4. The molecule has 0 saturated carbocycles. The maximum absolute atomic E-state index is 11.8. The smallest absolute Gasteiger partial charge is 0.251 e. The van der Waals surface area contributed by atoms with Crippen LogP contribution in [0.15, 0.2) is 18.2 Å². The Balaban J connectivity index is 2.62. The van der Waals surface area contributed by atoms with Crippen molar-refractivity contribution in [1.29, 1.82) is 0 Å². The highest BCUT2D eigenvalue weighted by Gasteiger charge is 2.10. The van der Waals surface area contributed by atoms with Gasteiger partial charge in [0.05, 0.1) is 5.75 Å². The predicted molar refractivity (Wildman–Crippen MR) is 75.9 cm³/mol. The SMILES string of the molecule is CNc1ccc(C(=O)NCCS(=O)(=O)NC)cc1C. The molecule has 0 bridgehead atoms. The Morgan fingerprint density at radius 1 is 1.26 bits per heavy atom. The quantitative estimate of drug-likeness (QED) is 0.702. The molecule has 0 aliphatic rings. The number of sulfonamides is 1. The summed E-state index contributed by atoms with van der Waals surface area (Å²) in [5.74, 6) is -0.417. The van der Waals surface area contributed by atoms with E-state index in [-0.39, 0.29) is 18.2 Å². The Morgan fingerprint density at radius 2 is 1.95 bits per heavy atom. The van der Waals surface area contributed by atoms with Gasteiger partial charge in [0.25, 0.3) is 5.91 Å². The van der Waals surface area contributed by atoms with Gasteiger partial charge in [0, 0.05) is 24.8 Å². The third-order valence-electron chi connectivity index (χ3n) is 2.73. The fraction of sp³-hybridized carbons (Fsp3) is 0.417. The number of anilines is 1. The maximum Gasteiger partial charge on any atom is 0.251 e. The van der Waals surface area contributed by atoms with E-state index in [1.54, 1.807) is 12.1 Å². The molecule has 0 heterocycles. The molecular formula is C12H19N3O3S. The van der Waals surface area contributed by atoms with Crippen molar-refractivity contribution in [2.45, 2.75) is 6.92 Å². The van der Waals surface area contributed by atoms with Crippen LogP contribution in [0.1, 0.15) is 15.9 Å².